The first-order valence-electron chi connectivity index (χ1n) is 15.5. The van der Waals surface area contributed by atoms with Gasteiger partial charge in [-0.25, -0.2) is 13.2 Å². The molecule has 4 aliphatic rings. The van der Waals surface area contributed by atoms with Crippen molar-refractivity contribution < 1.29 is 24.4 Å². The molecule has 0 aliphatic carbocycles. The van der Waals surface area contributed by atoms with E-state index in [-0.39, 0.29) is 71.1 Å². The van der Waals surface area contributed by atoms with Crippen LogP contribution in [0.5, 0.6) is 11.8 Å². The average molecular weight is 602 g/mol. The highest BCUT2D eigenvalue weighted by atomic mass is 19.1. The van der Waals surface area contributed by atoms with Gasteiger partial charge >= 0.3 is 6.01 Å². The molecule has 0 saturated carbocycles. The number of aromatic hydroxyl groups is 1. The second-order valence-corrected chi connectivity index (χ2v) is 12.4. The number of aromatic nitrogens is 3. The zero-order chi connectivity index (χ0) is 31.1. The maximum Gasteiger partial charge on any atom is 0.319 e. The number of pyridine rings is 1. The van der Waals surface area contributed by atoms with E-state index in [0.717, 1.165) is 19.3 Å². The van der Waals surface area contributed by atoms with Gasteiger partial charge in [0.05, 0.1) is 17.9 Å². The predicted octanol–water partition coefficient (Wildman–Crippen LogP) is 4.71. The molecule has 2 aromatic carbocycles. The zero-order valence-electron chi connectivity index (χ0n) is 24.9. The van der Waals surface area contributed by atoms with Crippen LogP contribution in [0.1, 0.15) is 39.0 Å². The molecule has 0 radical (unpaired) electrons. The lowest BCUT2D eigenvalue weighted by Crippen LogP contribution is -2.51. The zero-order valence-corrected chi connectivity index (χ0v) is 23.9. The second-order valence-electron chi connectivity index (χ2n) is 12.4. The Kier molecular flexibility index (Phi) is 6.10. The largest absolute Gasteiger partial charge is 0.508 e. The summed E-state index contributed by atoms with van der Waals surface area (Å²) < 4.78 is 60.6. The fraction of sp³-hybridized carbons (Fsp3) is 0.424. The van der Waals surface area contributed by atoms with Gasteiger partial charge in [-0.05, 0) is 55.8 Å². The summed E-state index contributed by atoms with van der Waals surface area (Å²) in [7, 11) is 0. The lowest BCUT2D eigenvalue weighted by molar-refractivity contribution is 0.107. The van der Waals surface area contributed by atoms with Crippen molar-refractivity contribution in [3.8, 4) is 35.4 Å². The number of terminal acetylenes is 1. The van der Waals surface area contributed by atoms with Crippen LogP contribution in [0.2, 0.25) is 0 Å². The summed E-state index contributed by atoms with van der Waals surface area (Å²) >= 11 is 0. The van der Waals surface area contributed by atoms with Gasteiger partial charge in [-0.1, -0.05) is 12.0 Å². The molecule has 2 bridgehead atoms. The molecule has 4 fully saturated rings. The number of anilines is 1. The molecule has 44 heavy (non-hydrogen) atoms. The van der Waals surface area contributed by atoms with E-state index >= 15 is 4.39 Å². The van der Waals surface area contributed by atoms with E-state index in [0.29, 0.717) is 42.6 Å². The van der Waals surface area contributed by atoms with Gasteiger partial charge in [0.1, 0.15) is 41.3 Å². The number of nitrogens with zero attached hydrogens (tertiary/aromatic N) is 5. The average Bonchev–Trinajstić information content (AvgIpc) is 3.63. The first kappa shape index (κ1) is 26.3. The fourth-order valence-corrected chi connectivity index (χ4v) is 7.71. The minimum Gasteiger partial charge on any atom is -0.508 e. The molecule has 8 nitrogen and oxygen atoms in total. The van der Waals surface area contributed by atoms with E-state index in [2.05, 4.69) is 26.1 Å². The second kappa shape index (κ2) is 10.2. The van der Waals surface area contributed by atoms with E-state index < -0.39 is 23.3 Å². The lowest BCUT2D eigenvalue weighted by Gasteiger charge is -2.34. The summed E-state index contributed by atoms with van der Waals surface area (Å²) in [6, 6.07) is 5.90. The van der Waals surface area contributed by atoms with Crippen LogP contribution >= 0.6 is 0 Å². The number of benzene rings is 2. The van der Waals surface area contributed by atoms with Crippen molar-refractivity contribution in [3.63, 3.8) is 0 Å². The maximum absolute atomic E-state index is 16.8. The topological polar surface area (TPSA) is 86.6 Å². The highest BCUT2D eigenvalue weighted by Crippen LogP contribution is 2.42. The summed E-state index contributed by atoms with van der Waals surface area (Å²) in [5.41, 5.74) is -0.798. The molecule has 2 aromatic heterocycles. The van der Waals surface area contributed by atoms with Crippen LogP contribution in [0.15, 0.2) is 30.5 Å². The molecule has 8 rings (SSSR count). The molecule has 4 saturated heterocycles. The summed E-state index contributed by atoms with van der Waals surface area (Å²) in [4.78, 5) is 17.8. The molecule has 4 aromatic rings. The molecule has 11 heteroatoms. The Labute approximate surface area is 253 Å². The third kappa shape index (κ3) is 4.34. The predicted molar refractivity (Wildman–Crippen MR) is 160 cm³/mol. The Hall–Kier alpha value is -4.14. The van der Waals surface area contributed by atoms with Crippen LogP contribution in [0.3, 0.4) is 0 Å². The summed E-state index contributed by atoms with van der Waals surface area (Å²) in [5.74, 6) is 1.23. The molecule has 0 amide bonds. The first-order valence-corrected chi connectivity index (χ1v) is 15.0. The minimum absolute atomic E-state index is 0.0165. The molecule has 6 heterocycles. The molecule has 2 N–H and O–H groups in total. The van der Waals surface area contributed by atoms with Crippen molar-refractivity contribution in [2.75, 3.05) is 37.7 Å². The number of ether oxygens (including phenoxy) is 1. The van der Waals surface area contributed by atoms with Gasteiger partial charge in [-0.15, -0.1) is 6.42 Å². The number of halogens is 3. The summed E-state index contributed by atoms with van der Waals surface area (Å²) in [6.45, 7) is 2.09. The van der Waals surface area contributed by atoms with Crippen molar-refractivity contribution >= 4 is 27.5 Å². The van der Waals surface area contributed by atoms with E-state index in [9.17, 15) is 13.9 Å². The number of alkyl halides is 1. The van der Waals surface area contributed by atoms with E-state index in [4.69, 9.17) is 17.5 Å². The van der Waals surface area contributed by atoms with Crippen LogP contribution in [0, 0.1) is 24.0 Å². The monoisotopic (exact) mass is 601 g/mol. The van der Waals surface area contributed by atoms with Gasteiger partial charge in [-0.3, -0.25) is 9.88 Å². The van der Waals surface area contributed by atoms with Crippen molar-refractivity contribution in [1.82, 2.24) is 25.2 Å². The normalized spacial score (nSPS) is 28.4. The number of phenols is 1. The quantitative estimate of drug-likeness (QED) is 0.319. The SMILES string of the molecule is [2H]C1(F)CN2CCCC2(COc2nc(N3CC4CCC(C3)N4)c3cnc(-c4cc(O)cc5ccc(F)c(C#C)c45)c(F)c3n2)C1. The van der Waals surface area contributed by atoms with E-state index in [1.54, 1.807) is 0 Å². The molecule has 4 unspecified atom stereocenters. The number of hydrogen-bond donors (Lipinski definition) is 2. The fourth-order valence-electron chi connectivity index (χ4n) is 7.71. The van der Waals surface area contributed by atoms with Crippen LogP contribution < -0.4 is 15.0 Å². The third-order valence-electron chi connectivity index (χ3n) is 9.70. The minimum atomic E-state index is -2.06. The highest BCUT2D eigenvalue weighted by Gasteiger charge is 2.49. The van der Waals surface area contributed by atoms with Crippen LogP contribution in [-0.2, 0) is 0 Å². The van der Waals surface area contributed by atoms with Crippen molar-refractivity contribution in [1.29, 1.82) is 0 Å². The third-order valence-corrected chi connectivity index (χ3v) is 9.70. The molecule has 4 atom stereocenters. The number of hydrogen-bond acceptors (Lipinski definition) is 8. The van der Waals surface area contributed by atoms with Crippen LogP contribution in [0.4, 0.5) is 19.0 Å². The number of nitrogens with one attached hydrogen (secondary N) is 1. The van der Waals surface area contributed by atoms with Gasteiger partial charge in [-0.2, -0.15) is 9.97 Å². The van der Waals surface area contributed by atoms with Gasteiger partial charge in [0, 0.05) is 55.3 Å². The Morgan fingerprint density at radius 1 is 1.18 bits per heavy atom. The Bertz CT molecular complexity index is 1910. The highest BCUT2D eigenvalue weighted by molar-refractivity contribution is 6.03. The van der Waals surface area contributed by atoms with E-state index in [1.807, 2.05) is 4.90 Å². The standard InChI is InChI=1S/C33H31F3N6O2/c1-2-23-26(35)7-4-18-10-22(43)11-24(27(18)23)29-28(36)30-25(13-37-29)31(41-15-20-5-6-21(16-41)38-20)40-32(39-30)44-17-33-8-3-9-42(33)14-19(34)12-33/h1,4,7,10-11,13,19-21,38,43H,3,5-6,8-9,12,14-17H2/i19D. The Morgan fingerprint density at radius 3 is 2.80 bits per heavy atom. The number of piperazine rings is 1. The molecule has 4 aliphatic heterocycles. The smallest absolute Gasteiger partial charge is 0.319 e. The molecular weight excluding hydrogens is 569 g/mol. The Morgan fingerprint density at radius 2 is 2.00 bits per heavy atom. The van der Waals surface area contributed by atoms with Gasteiger partial charge in [0.25, 0.3) is 0 Å². The van der Waals surface area contributed by atoms with Crippen molar-refractivity contribution in [3.05, 3.63) is 47.7 Å². The number of rotatable bonds is 5. The number of phenolic OH excluding ortho intramolecular Hbond substituents is 1. The maximum atomic E-state index is 16.8. The molecule has 226 valence electrons. The molecular formula is C33H31F3N6O2. The van der Waals surface area contributed by atoms with Gasteiger partial charge in [0.2, 0.25) is 0 Å². The Balaban J connectivity index is 1.27. The summed E-state index contributed by atoms with van der Waals surface area (Å²) in [5, 5.41) is 15.2. The lowest BCUT2D eigenvalue weighted by atomic mass is 9.95. The summed E-state index contributed by atoms with van der Waals surface area (Å²) in [6.07, 6.45) is 8.72. The van der Waals surface area contributed by atoms with Crippen LogP contribution in [-0.4, -0.2) is 81.5 Å². The molecule has 0 spiro atoms. The first-order chi connectivity index (χ1) is 21.6. The van der Waals surface area contributed by atoms with E-state index in [1.165, 1.54) is 30.5 Å². The van der Waals surface area contributed by atoms with Crippen molar-refractivity contribution in [2.45, 2.75) is 55.9 Å². The van der Waals surface area contributed by atoms with Gasteiger partial charge < -0.3 is 20.1 Å². The van der Waals surface area contributed by atoms with Crippen molar-refractivity contribution in [2.24, 2.45) is 0 Å². The van der Waals surface area contributed by atoms with Gasteiger partial charge in [0.15, 0.2) is 5.82 Å². The van der Waals surface area contributed by atoms with Crippen LogP contribution in [0.25, 0.3) is 32.9 Å². The number of fused-ring (bicyclic) bond motifs is 5.